The van der Waals surface area contributed by atoms with Crippen LogP contribution in [0, 0.1) is 0 Å². The van der Waals surface area contributed by atoms with E-state index in [0.717, 1.165) is 5.69 Å². The predicted molar refractivity (Wildman–Crippen MR) is 79.9 cm³/mol. The van der Waals surface area contributed by atoms with Gasteiger partial charge in [0.15, 0.2) is 5.13 Å². The Morgan fingerprint density at radius 3 is 2.95 bits per heavy atom. The molecule has 0 fully saturated rings. The van der Waals surface area contributed by atoms with Crippen LogP contribution in [0.25, 0.3) is 0 Å². The molecule has 0 saturated heterocycles. The number of carbonyl (C=O) groups excluding carboxylic acids is 1. The van der Waals surface area contributed by atoms with Gasteiger partial charge in [0.1, 0.15) is 5.15 Å². The van der Waals surface area contributed by atoms with Crippen molar-refractivity contribution in [3.05, 3.63) is 40.1 Å². The molecule has 0 atom stereocenters. The number of aryl methyl sites for hydroxylation is 1. The van der Waals surface area contributed by atoms with Crippen molar-refractivity contribution >= 4 is 39.9 Å². The molecule has 0 spiro atoms. The molecule has 0 radical (unpaired) electrons. The minimum absolute atomic E-state index is 0.106. The number of nitrogens with zero attached hydrogens (tertiary/aromatic N) is 2. The Morgan fingerprint density at radius 2 is 2.24 bits per heavy atom. The molecule has 6 nitrogen and oxygen atoms in total. The van der Waals surface area contributed by atoms with Crippen LogP contribution < -0.4 is 5.32 Å². The van der Waals surface area contributed by atoms with Gasteiger partial charge in [0.2, 0.25) is 0 Å². The number of carbonyl (C=O) groups is 2. The smallest absolute Gasteiger partial charge is 0.303 e. The maximum absolute atomic E-state index is 12.0. The van der Waals surface area contributed by atoms with E-state index in [2.05, 4.69) is 15.3 Å². The van der Waals surface area contributed by atoms with Gasteiger partial charge in [0.25, 0.3) is 5.91 Å². The van der Waals surface area contributed by atoms with E-state index in [1.165, 1.54) is 23.6 Å². The van der Waals surface area contributed by atoms with Crippen molar-refractivity contribution in [2.75, 3.05) is 5.32 Å². The molecular weight excluding hydrogens is 314 g/mol. The average Bonchev–Trinajstić information content (AvgIpc) is 2.86. The Bertz CT molecular complexity index is 660. The second kappa shape index (κ2) is 7.14. The number of pyridine rings is 1. The lowest BCUT2D eigenvalue weighted by atomic mass is 10.2. The van der Waals surface area contributed by atoms with Crippen LogP contribution in [0.2, 0.25) is 5.15 Å². The van der Waals surface area contributed by atoms with Gasteiger partial charge in [-0.15, -0.1) is 11.3 Å². The first kappa shape index (κ1) is 15.4. The average molecular weight is 326 g/mol. The summed E-state index contributed by atoms with van der Waals surface area (Å²) in [5.74, 6) is -1.14. The summed E-state index contributed by atoms with van der Waals surface area (Å²) in [4.78, 5) is 30.5. The van der Waals surface area contributed by atoms with Gasteiger partial charge in [-0.05, 0) is 25.0 Å². The molecule has 1 amide bonds. The molecule has 2 N–H and O–H groups in total. The fraction of sp³-hybridized carbons (Fsp3) is 0.231. The van der Waals surface area contributed by atoms with E-state index in [4.69, 9.17) is 16.7 Å². The van der Waals surface area contributed by atoms with Crippen LogP contribution in [0.5, 0.6) is 0 Å². The van der Waals surface area contributed by atoms with E-state index in [1.54, 1.807) is 11.4 Å². The molecule has 0 bridgehead atoms. The van der Waals surface area contributed by atoms with Crippen molar-refractivity contribution < 1.29 is 14.7 Å². The first-order valence-corrected chi connectivity index (χ1v) is 7.39. The number of thiazole rings is 1. The zero-order chi connectivity index (χ0) is 15.2. The molecule has 2 aromatic heterocycles. The molecule has 110 valence electrons. The molecule has 2 rings (SSSR count). The molecular formula is C13H12ClN3O3S. The van der Waals surface area contributed by atoms with E-state index in [1.807, 2.05) is 0 Å². The number of aliphatic carboxylic acids is 1. The highest BCUT2D eigenvalue weighted by atomic mass is 35.5. The second-order valence-electron chi connectivity index (χ2n) is 4.21. The Hall–Kier alpha value is -1.99. The highest BCUT2D eigenvalue weighted by Gasteiger charge is 2.10. The first-order valence-electron chi connectivity index (χ1n) is 6.13. The number of carboxylic acid groups (broad SMARTS) is 1. The lowest BCUT2D eigenvalue weighted by Gasteiger charge is -2.01. The third-order valence-electron chi connectivity index (χ3n) is 2.58. The maximum atomic E-state index is 12.0. The number of halogens is 1. The second-order valence-corrected chi connectivity index (χ2v) is 5.46. The topological polar surface area (TPSA) is 92.2 Å². The van der Waals surface area contributed by atoms with Crippen molar-refractivity contribution in [2.45, 2.75) is 19.3 Å². The molecule has 0 aliphatic carbocycles. The summed E-state index contributed by atoms with van der Waals surface area (Å²) >= 11 is 7.02. The van der Waals surface area contributed by atoms with E-state index >= 15 is 0 Å². The maximum Gasteiger partial charge on any atom is 0.303 e. The van der Waals surface area contributed by atoms with Crippen molar-refractivity contribution in [3.63, 3.8) is 0 Å². The summed E-state index contributed by atoms with van der Waals surface area (Å²) in [5, 5.41) is 13.8. The minimum atomic E-state index is -0.826. The summed E-state index contributed by atoms with van der Waals surface area (Å²) in [6, 6.07) is 3.03. The fourth-order valence-electron chi connectivity index (χ4n) is 1.61. The zero-order valence-corrected chi connectivity index (χ0v) is 12.4. The molecule has 0 saturated carbocycles. The summed E-state index contributed by atoms with van der Waals surface area (Å²) < 4.78 is 0. The Labute approximate surface area is 129 Å². The number of hydrogen-bond donors (Lipinski definition) is 2. The van der Waals surface area contributed by atoms with Gasteiger partial charge >= 0.3 is 5.97 Å². The highest BCUT2D eigenvalue weighted by molar-refractivity contribution is 7.13. The summed E-state index contributed by atoms with van der Waals surface area (Å²) in [7, 11) is 0. The summed E-state index contributed by atoms with van der Waals surface area (Å²) in [6.07, 6.45) is 2.65. The molecule has 2 aromatic rings. The van der Waals surface area contributed by atoms with Crippen LogP contribution in [-0.2, 0) is 11.2 Å². The molecule has 0 aromatic carbocycles. The van der Waals surface area contributed by atoms with Crippen LogP contribution >= 0.6 is 22.9 Å². The molecule has 0 aliphatic heterocycles. The third-order valence-corrected chi connectivity index (χ3v) is 3.60. The monoisotopic (exact) mass is 325 g/mol. The van der Waals surface area contributed by atoms with Crippen molar-refractivity contribution in [3.8, 4) is 0 Å². The first-order chi connectivity index (χ1) is 10.0. The number of rotatable bonds is 6. The van der Waals surface area contributed by atoms with Gasteiger partial charge in [0.05, 0.1) is 5.69 Å². The van der Waals surface area contributed by atoms with E-state index in [9.17, 15) is 9.59 Å². The number of anilines is 1. The van der Waals surface area contributed by atoms with E-state index in [-0.39, 0.29) is 17.5 Å². The Balaban J connectivity index is 1.93. The van der Waals surface area contributed by atoms with Gasteiger partial charge < -0.3 is 5.11 Å². The van der Waals surface area contributed by atoms with Gasteiger partial charge in [-0.3, -0.25) is 14.9 Å². The van der Waals surface area contributed by atoms with Crippen molar-refractivity contribution in [1.29, 1.82) is 0 Å². The third kappa shape index (κ3) is 4.80. The number of nitrogens with one attached hydrogen (secondary N) is 1. The molecule has 21 heavy (non-hydrogen) atoms. The molecule has 0 unspecified atom stereocenters. The van der Waals surface area contributed by atoms with Crippen LogP contribution in [0.1, 0.15) is 28.9 Å². The van der Waals surface area contributed by atoms with Gasteiger partial charge in [0, 0.05) is 23.6 Å². The minimum Gasteiger partial charge on any atom is -0.481 e. The molecule has 8 heteroatoms. The molecule has 0 aliphatic rings. The van der Waals surface area contributed by atoms with Crippen LogP contribution in [-0.4, -0.2) is 27.0 Å². The fourth-order valence-corrected chi connectivity index (χ4v) is 2.53. The normalized spacial score (nSPS) is 10.3. The SMILES string of the molecule is O=C(O)CCCc1csc(NC(=O)c2ccnc(Cl)c2)n1. The van der Waals surface area contributed by atoms with E-state index in [0.29, 0.717) is 23.5 Å². The van der Waals surface area contributed by atoms with E-state index < -0.39 is 5.97 Å². The van der Waals surface area contributed by atoms with Crippen molar-refractivity contribution in [1.82, 2.24) is 9.97 Å². The van der Waals surface area contributed by atoms with Gasteiger partial charge in [-0.2, -0.15) is 0 Å². The zero-order valence-electron chi connectivity index (χ0n) is 10.9. The van der Waals surface area contributed by atoms with Crippen LogP contribution in [0.4, 0.5) is 5.13 Å². The van der Waals surface area contributed by atoms with Crippen molar-refractivity contribution in [2.24, 2.45) is 0 Å². The number of carboxylic acids is 1. The standard InChI is InChI=1S/C13H12ClN3O3S/c14-10-6-8(4-5-15-10)12(20)17-13-16-9(7-21-13)2-1-3-11(18)19/h4-7H,1-3H2,(H,18,19)(H,16,17,20). The number of amides is 1. The Morgan fingerprint density at radius 1 is 1.43 bits per heavy atom. The largest absolute Gasteiger partial charge is 0.481 e. The van der Waals surface area contributed by atoms with Gasteiger partial charge in [-0.1, -0.05) is 11.6 Å². The quantitative estimate of drug-likeness (QED) is 0.797. The lowest BCUT2D eigenvalue weighted by Crippen LogP contribution is -2.11. The number of hydrogen-bond acceptors (Lipinski definition) is 5. The summed E-state index contributed by atoms with van der Waals surface area (Å²) in [6.45, 7) is 0. The van der Waals surface area contributed by atoms with Crippen LogP contribution in [0.3, 0.4) is 0 Å². The molecule has 2 heterocycles. The number of aromatic nitrogens is 2. The van der Waals surface area contributed by atoms with Crippen LogP contribution in [0.15, 0.2) is 23.7 Å². The lowest BCUT2D eigenvalue weighted by molar-refractivity contribution is -0.137. The Kier molecular flexibility index (Phi) is 5.24. The van der Waals surface area contributed by atoms with Gasteiger partial charge in [-0.25, -0.2) is 9.97 Å². The highest BCUT2D eigenvalue weighted by Crippen LogP contribution is 2.18. The predicted octanol–water partition coefficient (Wildman–Crippen LogP) is 2.85. The summed E-state index contributed by atoms with van der Waals surface area (Å²) in [5.41, 5.74) is 1.17.